The number of aliphatic hydroxyl groups is 3. The maximum absolute atomic E-state index is 15.2. The second-order valence-electron chi connectivity index (χ2n) is 21.9. The number of methoxy groups -OCH3 is 3. The van der Waals surface area contributed by atoms with E-state index in [1.165, 1.54) is 28.3 Å². The number of carbonyl (C=O) groups excluding carboxylic acids is 3. The zero-order chi connectivity index (χ0) is 53.9. The van der Waals surface area contributed by atoms with Crippen LogP contribution >= 0.6 is 0 Å². The van der Waals surface area contributed by atoms with Crippen LogP contribution in [0.25, 0.3) is 0 Å². The second-order valence-corrected chi connectivity index (χ2v) is 21.9. The van der Waals surface area contributed by atoms with Crippen molar-refractivity contribution in [3.63, 3.8) is 0 Å². The Bertz CT molecular complexity index is 1720. The lowest BCUT2D eigenvalue weighted by Gasteiger charge is -2.44. The number of ketones is 1. The molecule has 4 rings (SSSR count). The zero-order valence-corrected chi connectivity index (χ0v) is 46.2. The van der Waals surface area contributed by atoms with Crippen LogP contribution in [0.3, 0.4) is 0 Å². The maximum Gasteiger partial charge on any atom is 0.311 e. The molecule has 0 aromatic heterocycles. The lowest BCUT2D eigenvalue weighted by molar-refractivity contribution is -0.305. The molecule has 22 atom stereocenters. The summed E-state index contributed by atoms with van der Waals surface area (Å²) in [6.45, 7) is 25.0. The average Bonchev–Trinajstić information content (AvgIpc) is 3.45. The fourth-order valence-corrected chi connectivity index (χ4v) is 11.1. The highest BCUT2D eigenvalue weighted by Gasteiger charge is 2.51. The molecule has 3 N–H and O–H groups in total. The summed E-state index contributed by atoms with van der Waals surface area (Å²) < 4.78 is 68.8. The van der Waals surface area contributed by atoms with Crippen LogP contribution in [0.5, 0.6) is 0 Å². The standard InChI is InChI=1S/C52H92N2O18/c1-26(2)20-38(55)69-44-33(9)43(28(4)25-65-51-47(63-16)46(62-15)40(56)36(12)68-51)71-49(59)35(11)45(70-39-21-29(5)54(18-19-61-14)24-31(7)66-39)32(8)42(27(3)23-52(13,60)48(58)34(44)10)72-50-41(57)37(53-64-17)22-30(6)67-50/h26-36,39-47,50-51,56-57,60H,18-25H2,1-17H3/t27-,28-,29?,30+,31-,32+,33-,34+,35+,36+,39-,40+,41+,42-,43+,44+,45-,46+,47+,50-,51+,52-/m0/s1. The van der Waals surface area contributed by atoms with Crippen LogP contribution in [0.4, 0.5) is 0 Å². The van der Waals surface area contributed by atoms with Gasteiger partial charge in [0.15, 0.2) is 24.7 Å². The van der Waals surface area contributed by atoms with Crippen molar-refractivity contribution < 1.29 is 86.6 Å². The van der Waals surface area contributed by atoms with Crippen LogP contribution in [0.15, 0.2) is 5.16 Å². The first-order valence-electron chi connectivity index (χ1n) is 26.1. The van der Waals surface area contributed by atoms with E-state index in [2.05, 4.69) is 17.0 Å². The van der Waals surface area contributed by atoms with Gasteiger partial charge in [-0.3, -0.25) is 19.3 Å². The molecule has 4 fully saturated rings. The van der Waals surface area contributed by atoms with Crippen molar-refractivity contribution in [3.05, 3.63) is 0 Å². The number of rotatable bonds is 17. The minimum Gasteiger partial charge on any atom is -0.461 e. The molecule has 1 unspecified atom stereocenters. The first kappa shape index (κ1) is 62.1. The minimum absolute atomic E-state index is 0.0105. The number of oxime groups is 1. The summed E-state index contributed by atoms with van der Waals surface area (Å²) in [5.74, 6) is -6.95. The molecule has 4 aliphatic rings. The molecule has 0 aromatic rings. The van der Waals surface area contributed by atoms with Crippen molar-refractivity contribution in [2.24, 2.45) is 46.6 Å². The molecule has 72 heavy (non-hydrogen) atoms. The van der Waals surface area contributed by atoms with Gasteiger partial charge >= 0.3 is 11.9 Å². The SMILES string of the molecule is COCCN1C[C@H](C)O[C@@H](O[C@H]2[C@H](C)[C@@H](O[C@@H]3O[C@H](C)CC(=NOC)[C@H]3O)[C@@H](C)C[C@](C)(O)C(=O)[C@H](C)[C@H](OC(=O)CC(C)C)[C@@H](C)[C@@H]([C@@H](C)CO[C@@H]3O[C@H](C)[C@@H](O)[C@@H](OC)[C@H]3OC)OC(=O)[C@@H]2C)CC1C. The number of hydrogen-bond acceptors (Lipinski definition) is 20. The summed E-state index contributed by atoms with van der Waals surface area (Å²) in [7, 11) is 5.96. The summed E-state index contributed by atoms with van der Waals surface area (Å²) >= 11 is 0. The quantitative estimate of drug-likeness (QED) is 0.136. The molecule has 418 valence electrons. The van der Waals surface area contributed by atoms with Gasteiger partial charge in [0.1, 0.15) is 49.3 Å². The van der Waals surface area contributed by atoms with Gasteiger partial charge in [-0.25, -0.2) is 0 Å². The highest BCUT2D eigenvalue weighted by atomic mass is 16.7. The summed E-state index contributed by atoms with van der Waals surface area (Å²) in [6, 6.07) is -0.0105. The molecule has 0 aliphatic carbocycles. The molecule has 0 amide bonds. The Morgan fingerprint density at radius 2 is 1.49 bits per heavy atom. The number of cyclic esters (lactones) is 1. The van der Waals surface area contributed by atoms with Crippen molar-refractivity contribution in [1.29, 1.82) is 0 Å². The number of nitrogens with zero attached hydrogens (tertiary/aromatic N) is 2. The van der Waals surface area contributed by atoms with E-state index in [-0.39, 0.29) is 43.9 Å². The summed E-state index contributed by atoms with van der Waals surface area (Å²) in [5.41, 5.74) is -1.71. The highest BCUT2D eigenvalue weighted by Crippen LogP contribution is 2.39. The van der Waals surface area contributed by atoms with E-state index in [1.54, 1.807) is 34.8 Å². The molecular weight excluding hydrogens is 941 g/mol. The van der Waals surface area contributed by atoms with E-state index in [4.69, 9.17) is 56.9 Å². The molecule has 0 bridgehead atoms. The van der Waals surface area contributed by atoms with E-state index in [0.29, 0.717) is 31.8 Å². The van der Waals surface area contributed by atoms with E-state index in [9.17, 15) is 24.9 Å². The Balaban J connectivity index is 1.88. The molecule has 4 heterocycles. The van der Waals surface area contributed by atoms with Crippen LogP contribution in [-0.2, 0) is 71.3 Å². The average molecular weight is 1030 g/mol. The normalized spacial score (nSPS) is 42.4. The predicted octanol–water partition coefficient (Wildman–Crippen LogP) is 4.29. The Morgan fingerprint density at radius 3 is 2.10 bits per heavy atom. The summed E-state index contributed by atoms with van der Waals surface area (Å²) in [4.78, 5) is 51.2. The number of carbonyl (C=O) groups is 3. The molecule has 0 saturated carbocycles. The van der Waals surface area contributed by atoms with Gasteiger partial charge in [0, 0.05) is 77.5 Å². The van der Waals surface area contributed by atoms with Crippen LogP contribution < -0.4 is 0 Å². The van der Waals surface area contributed by atoms with Crippen molar-refractivity contribution >= 4 is 23.4 Å². The molecule has 4 aliphatic heterocycles. The second kappa shape index (κ2) is 28.1. The monoisotopic (exact) mass is 1030 g/mol. The Hall–Kier alpha value is -2.44. The van der Waals surface area contributed by atoms with Crippen LogP contribution in [0.1, 0.15) is 116 Å². The van der Waals surface area contributed by atoms with Gasteiger partial charge in [0.05, 0.1) is 61.3 Å². The van der Waals surface area contributed by atoms with Gasteiger partial charge in [0.2, 0.25) is 0 Å². The number of ether oxygens (including phenoxy) is 11. The zero-order valence-electron chi connectivity index (χ0n) is 46.2. The topological polar surface area (TPSA) is 238 Å². The largest absolute Gasteiger partial charge is 0.461 e. The molecule has 0 radical (unpaired) electrons. The van der Waals surface area contributed by atoms with Gasteiger partial charge in [-0.05, 0) is 59.8 Å². The molecule has 0 spiro atoms. The highest BCUT2D eigenvalue weighted by molar-refractivity contribution is 5.90. The third-order valence-electron chi connectivity index (χ3n) is 15.0. The van der Waals surface area contributed by atoms with Gasteiger partial charge in [-0.1, -0.05) is 53.6 Å². The predicted molar refractivity (Wildman–Crippen MR) is 263 cm³/mol. The van der Waals surface area contributed by atoms with Crippen molar-refractivity contribution in [2.75, 3.05) is 54.7 Å². The summed E-state index contributed by atoms with van der Waals surface area (Å²) in [6.07, 6.45) is -12.1. The third kappa shape index (κ3) is 16.0. The van der Waals surface area contributed by atoms with Gasteiger partial charge < -0.3 is 72.3 Å². The number of esters is 2. The van der Waals surface area contributed by atoms with Crippen molar-refractivity contribution in [1.82, 2.24) is 4.90 Å². The fraction of sp³-hybridized carbons (Fsp3) is 0.923. The lowest BCUT2D eigenvalue weighted by Crippen LogP contribution is -2.59. The smallest absolute Gasteiger partial charge is 0.311 e. The Labute approximate surface area is 428 Å². The molecule has 20 heteroatoms. The van der Waals surface area contributed by atoms with Gasteiger partial charge in [0.25, 0.3) is 0 Å². The van der Waals surface area contributed by atoms with E-state index in [0.717, 1.165) is 0 Å². The molecular formula is C52H92N2O18. The first-order chi connectivity index (χ1) is 33.8. The minimum atomic E-state index is -2.02. The number of Topliss-reactive ketones (excluding diaryl/α,β-unsaturated/α-hetero) is 1. The summed E-state index contributed by atoms with van der Waals surface area (Å²) in [5, 5.41) is 39.0. The molecule has 4 saturated heterocycles. The molecule has 0 aromatic carbocycles. The lowest BCUT2D eigenvalue weighted by atomic mass is 9.74. The van der Waals surface area contributed by atoms with E-state index in [1.807, 2.05) is 48.5 Å². The Kier molecular flexibility index (Phi) is 24.2. The number of aliphatic hydroxyl groups excluding tert-OH is 2. The fourth-order valence-electron chi connectivity index (χ4n) is 11.1. The number of hydrogen-bond donors (Lipinski definition) is 3. The van der Waals surface area contributed by atoms with Crippen molar-refractivity contribution in [3.8, 4) is 0 Å². The van der Waals surface area contributed by atoms with Crippen LogP contribution in [0.2, 0.25) is 0 Å². The van der Waals surface area contributed by atoms with Gasteiger partial charge in [-0.15, -0.1) is 0 Å². The third-order valence-corrected chi connectivity index (χ3v) is 15.0. The molecule has 20 nitrogen and oxygen atoms in total. The Morgan fingerprint density at radius 1 is 0.819 bits per heavy atom. The maximum atomic E-state index is 15.2. The van der Waals surface area contributed by atoms with Crippen LogP contribution in [0, 0.1) is 41.4 Å². The van der Waals surface area contributed by atoms with Crippen molar-refractivity contribution in [2.45, 2.75) is 213 Å². The van der Waals surface area contributed by atoms with E-state index >= 15 is 4.79 Å². The first-order valence-corrected chi connectivity index (χ1v) is 26.1. The van der Waals surface area contributed by atoms with E-state index < -0.39 is 139 Å². The van der Waals surface area contributed by atoms with Crippen LogP contribution in [-0.4, -0.2) is 196 Å². The van der Waals surface area contributed by atoms with Gasteiger partial charge in [-0.2, -0.15) is 0 Å².